The average Bonchev–Trinajstić information content (AvgIpc) is 2.25. The monoisotopic (exact) mass is 300 g/mol. The van der Waals surface area contributed by atoms with E-state index in [4.69, 9.17) is 9.88 Å². The minimum atomic E-state index is -3.70. The van der Waals surface area contributed by atoms with Crippen LogP contribution in [-0.2, 0) is 15.4 Å². The number of nitrogens with two attached hydrogens (primary N) is 1. The van der Waals surface area contributed by atoms with Crippen LogP contribution in [0, 0.1) is 0 Å². The van der Waals surface area contributed by atoms with Gasteiger partial charge in [-0.3, -0.25) is 0 Å². The van der Waals surface area contributed by atoms with Crippen LogP contribution in [0.15, 0.2) is 23.1 Å². The summed E-state index contributed by atoms with van der Waals surface area (Å²) in [6, 6.07) is 4.76. The first-order chi connectivity index (χ1) is 9.01. The predicted octanol–water partition coefficient (Wildman–Crippen LogP) is 1.57. The van der Waals surface area contributed by atoms with E-state index < -0.39 is 10.0 Å². The molecule has 0 fully saturated rings. The molecule has 0 spiro atoms. The molecule has 0 radical (unpaired) electrons. The number of primary sulfonamides is 1. The van der Waals surface area contributed by atoms with Crippen molar-refractivity contribution in [1.29, 1.82) is 0 Å². The van der Waals surface area contributed by atoms with Crippen LogP contribution in [0.25, 0.3) is 0 Å². The lowest BCUT2D eigenvalue weighted by Gasteiger charge is -2.24. The van der Waals surface area contributed by atoms with E-state index in [0.29, 0.717) is 12.4 Å². The highest BCUT2D eigenvalue weighted by Gasteiger charge is 2.22. The van der Waals surface area contributed by atoms with Gasteiger partial charge in [-0.25, -0.2) is 13.6 Å². The summed E-state index contributed by atoms with van der Waals surface area (Å²) in [5.41, 5.74) is 0.608. The normalized spacial score (nSPS) is 12.8. The third-order valence-electron chi connectivity index (χ3n) is 2.88. The molecule has 0 amide bonds. The second kappa shape index (κ2) is 6.11. The molecule has 0 aliphatic carbocycles. The van der Waals surface area contributed by atoms with Crippen molar-refractivity contribution in [2.45, 2.75) is 31.1 Å². The van der Waals surface area contributed by atoms with Crippen LogP contribution in [0.5, 0.6) is 5.75 Å². The molecule has 20 heavy (non-hydrogen) atoms. The van der Waals surface area contributed by atoms with Crippen LogP contribution >= 0.6 is 0 Å². The number of benzene rings is 1. The number of hydrogen-bond donors (Lipinski definition) is 1. The minimum Gasteiger partial charge on any atom is -0.492 e. The van der Waals surface area contributed by atoms with Crippen LogP contribution in [0.2, 0.25) is 0 Å². The van der Waals surface area contributed by atoms with Gasteiger partial charge in [0.2, 0.25) is 10.0 Å². The van der Waals surface area contributed by atoms with E-state index in [2.05, 4.69) is 0 Å². The Balaban J connectivity index is 3.12. The Morgan fingerprint density at radius 3 is 2.30 bits per heavy atom. The van der Waals surface area contributed by atoms with Gasteiger partial charge in [0.05, 0.1) is 4.90 Å². The fourth-order valence-corrected chi connectivity index (χ4v) is 2.28. The Morgan fingerprint density at radius 1 is 1.25 bits per heavy atom. The van der Waals surface area contributed by atoms with E-state index in [1.54, 1.807) is 12.1 Å². The summed E-state index contributed by atoms with van der Waals surface area (Å²) in [4.78, 5) is 2.14. The standard InChI is InChI=1S/C14H24N2O3S/c1-14(2,3)12-10-11(20(15,17)18)6-7-13(12)19-9-8-16(4)5/h6-7,10H,8-9H2,1-5H3,(H2,15,17,18). The number of hydrogen-bond acceptors (Lipinski definition) is 4. The lowest BCUT2D eigenvalue weighted by molar-refractivity contribution is 0.256. The molecule has 1 aromatic carbocycles. The zero-order valence-corrected chi connectivity index (χ0v) is 13.6. The molecule has 0 unspecified atom stereocenters. The highest BCUT2D eigenvalue weighted by atomic mass is 32.2. The van der Waals surface area contributed by atoms with Gasteiger partial charge >= 0.3 is 0 Å². The molecule has 0 aliphatic rings. The molecule has 0 saturated carbocycles. The molecule has 2 N–H and O–H groups in total. The van der Waals surface area contributed by atoms with Crippen LogP contribution < -0.4 is 9.88 Å². The number of rotatable bonds is 5. The van der Waals surface area contributed by atoms with Gasteiger partial charge in [-0.2, -0.15) is 0 Å². The molecular formula is C14H24N2O3S. The van der Waals surface area contributed by atoms with Crippen molar-refractivity contribution >= 4 is 10.0 Å². The lowest BCUT2D eigenvalue weighted by Crippen LogP contribution is -2.21. The number of nitrogens with zero attached hydrogens (tertiary/aromatic N) is 1. The van der Waals surface area contributed by atoms with Crippen molar-refractivity contribution in [2.75, 3.05) is 27.2 Å². The lowest BCUT2D eigenvalue weighted by atomic mass is 9.86. The number of likely N-dealkylation sites (N-methyl/N-ethyl adjacent to an activating group) is 1. The van der Waals surface area contributed by atoms with E-state index in [9.17, 15) is 8.42 Å². The van der Waals surface area contributed by atoms with Crippen molar-refractivity contribution in [1.82, 2.24) is 4.90 Å². The maximum Gasteiger partial charge on any atom is 0.238 e. The molecule has 1 aromatic rings. The van der Waals surface area contributed by atoms with Crippen molar-refractivity contribution in [3.05, 3.63) is 23.8 Å². The second-order valence-electron chi connectivity index (χ2n) is 6.10. The van der Waals surface area contributed by atoms with E-state index in [1.807, 2.05) is 39.8 Å². The maximum absolute atomic E-state index is 11.5. The molecule has 1 rings (SSSR count). The van der Waals surface area contributed by atoms with Gasteiger partial charge in [0.15, 0.2) is 0 Å². The Labute approximate surface area is 121 Å². The third-order valence-corrected chi connectivity index (χ3v) is 3.79. The molecule has 6 heteroatoms. The summed E-state index contributed by atoms with van der Waals surface area (Å²) in [5, 5.41) is 5.18. The van der Waals surface area contributed by atoms with Crippen LogP contribution in [0.4, 0.5) is 0 Å². The van der Waals surface area contributed by atoms with Crippen molar-refractivity contribution < 1.29 is 13.2 Å². The van der Waals surface area contributed by atoms with Gasteiger partial charge in [0.1, 0.15) is 12.4 Å². The van der Waals surface area contributed by atoms with Gasteiger partial charge in [-0.1, -0.05) is 20.8 Å². The summed E-state index contributed by atoms with van der Waals surface area (Å²) in [7, 11) is 0.241. The van der Waals surface area contributed by atoms with Gasteiger partial charge in [-0.05, 0) is 37.7 Å². The Hall–Kier alpha value is -1.11. The van der Waals surface area contributed by atoms with E-state index >= 15 is 0 Å². The summed E-state index contributed by atoms with van der Waals surface area (Å²) in [6.45, 7) is 7.36. The van der Waals surface area contributed by atoms with Crippen LogP contribution in [-0.4, -0.2) is 40.6 Å². The van der Waals surface area contributed by atoms with Gasteiger partial charge < -0.3 is 9.64 Å². The summed E-state index contributed by atoms with van der Waals surface area (Å²) in [6.07, 6.45) is 0. The zero-order valence-electron chi connectivity index (χ0n) is 12.8. The quantitative estimate of drug-likeness (QED) is 0.896. The van der Waals surface area contributed by atoms with Crippen LogP contribution in [0.1, 0.15) is 26.3 Å². The molecule has 0 aromatic heterocycles. The summed E-state index contributed by atoms with van der Waals surface area (Å²) >= 11 is 0. The van der Waals surface area contributed by atoms with E-state index in [1.165, 1.54) is 6.07 Å². The summed E-state index contributed by atoms with van der Waals surface area (Å²) < 4.78 is 28.7. The minimum absolute atomic E-state index is 0.113. The molecule has 5 nitrogen and oxygen atoms in total. The van der Waals surface area contributed by atoms with E-state index in [-0.39, 0.29) is 10.3 Å². The predicted molar refractivity (Wildman–Crippen MR) is 80.6 cm³/mol. The molecular weight excluding hydrogens is 276 g/mol. The fourth-order valence-electron chi connectivity index (χ4n) is 1.74. The van der Waals surface area contributed by atoms with Crippen LogP contribution in [0.3, 0.4) is 0 Å². The Bertz CT molecular complexity index is 560. The van der Waals surface area contributed by atoms with Gasteiger partial charge in [0.25, 0.3) is 0 Å². The Kier molecular flexibility index (Phi) is 5.18. The first kappa shape index (κ1) is 16.9. The molecule has 0 aliphatic heterocycles. The van der Waals surface area contributed by atoms with Gasteiger partial charge in [0, 0.05) is 12.1 Å². The third kappa shape index (κ3) is 4.77. The Morgan fingerprint density at radius 2 is 1.85 bits per heavy atom. The zero-order chi connectivity index (χ0) is 15.6. The maximum atomic E-state index is 11.5. The number of sulfonamides is 1. The topological polar surface area (TPSA) is 72.6 Å². The molecule has 0 atom stereocenters. The highest BCUT2D eigenvalue weighted by molar-refractivity contribution is 7.89. The van der Waals surface area contributed by atoms with E-state index in [0.717, 1.165) is 12.1 Å². The fraction of sp³-hybridized carbons (Fsp3) is 0.571. The van der Waals surface area contributed by atoms with Crippen molar-refractivity contribution in [3.63, 3.8) is 0 Å². The smallest absolute Gasteiger partial charge is 0.238 e. The van der Waals surface area contributed by atoms with Crippen molar-refractivity contribution in [2.24, 2.45) is 5.14 Å². The largest absolute Gasteiger partial charge is 0.492 e. The number of ether oxygens (including phenoxy) is 1. The first-order valence-corrected chi connectivity index (χ1v) is 8.01. The van der Waals surface area contributed by atoms with Gasteiger partial charge in [-0.15, -0.1) is 0 Å². The second-order valence-corrected chi connectivity index (χ2v) is 7.67. The molecule has 0 heterocycles. The average molecular weight is 300 g/mol. The SMILES string of the molecule is CN(C)CCOc1ccc(S(N)(=O)=O)cc1C(C)(C)C. The molecule has 0 bridgehead atoms. The highest BCUT2D eigenvalue weighted by Crippen LogP contribution is 2.33. The molecule has 114 valence electrons. The van der Waals surface area contributed by atoms with Crippen molar-refractivity contribution in [3.8, 4) is 5.75 Å². The molecule has 0 saturated heterocycles. The summed E-state index contributed by atoms with van der Waals surface area (Å²) in [5.74, 6) is 0.701. The first-order valence-electron chi connectivity index (χ1n) is 6.46.